The minimum Gasteiger partial charge on any atom is -0.493 e. The molecule has 2 aromatic rings. The zero-order valence-electron chi connectivity index (χ0n) is 19.1. The summed E-state index contributed by atoms with van der Waals surface area (Å²) >= 11 is 1.78. The lowest BCUT2D eigenvalue weighted by Crippen LogP contribution is -2.40. The molecule has 1 fully saturated rings. The minimum absolute atomic E-state index is 0.591. The van der Waals surface area contributed by atoms with Crippen molar-refractivity contribution in [1.82, 2.24) is 15.2 Å². The number of nitrogens with one attached hydrogen (secondary N) is 2. The van der Waals surface area contributed by atoms with Crippen LogP contribution in [0.2, 0.25) is 0 Å². The second kappa shape index (κ2) is 11.9. The first-order chi connectivity index (χ1) is 15.1. The number of rotatable bonds is 9. The van der Waals surface area contributed by atoms with E-state index >= 15 is 0 Å². The maximum absolute atomic E-state index is 5.67. The zero-order chi connectivity index (χ0) is 22.1. The molecule has 0 unspecified atom stereocenters. The highest BCUT2D eigenvalue weighted by Gasteiger charge is 2.20. The molecule has 1 aromatic heterocycles. The molecule has 0 spiro atoms. The van der Waals surface area contributed by atoms with Gasteiger partial charge in [-0.3, -0.25) is 9.89 Å². The predicted octanol–water partition coefficient (Wildman–Crippen LogP) is 4.01. The number of benzene rings is 1. The number of likely N-dealkylation sites (tertiary alicyclic amines) is 1. The molecule has 1 saturated heterocycles. The fourth-order valence-electron chi connectivity index (χ4n) is 3.74. The van der Waals surface area contributed by atoms with Gasteiger partial charge in [-0.1, -0.05) is 6.92 Å². The average molecular weight is 446 g/mol. The number of hydrogen-bond donors (Lipinski definition) is 2. The molecular weight excluding hydrogens is 410 g/mol. The van der Waals surface area contributed by atoms with E-state index in [9.17, 15) is 0 Å². The number of nitrogens with zero attached hydrogens (tertiary/aromatic N) is 3. The molecule has 1 aliphatic heterocycles. The Morgan fingerprint density at radius 3 is 2.71 bits per heavy atom. The van der Waals surface area contributed by atoms with E-state index in [0.717, 1.165) is 55.7 Å². The fraction of sp³-hybridized carbons (Fsp3) is 0.565. The van der Waals surface area contributed by atoms with Gasteiger partial charge in [0.05, 0.1) is 24.4 Å². The molecule has 1 aromatic carbocycles. The summed E-state index contributed by atoms with van der Waals surface area (Å²) < 4.78 is 11.0. The summed E-state index contributed by atoms with van der Waals surface area (Å²) in [6.45, 7) is 8.84. The Morgan fingerprint density at radius 2 is 2.06 bits per heavy atom. The maximum Gasteiger partial charge on any atom is 0.195 e. The second-order valence-corrected chi connectivity index (χ2v) is 8.63. The number of aliphatic imine (C=N–C) groups is 1. The second-order valence-electron chi connectivity index (χ2n) is 7.68. The lowest BCUT2D eigenvalue weighted by Gasteiger charge is -2.31. The number of thiazole rings is 1. The van der Waals surface area contributed by atoms with Gasteiger partial charge in [-0.2, -0.15) is 0 Å². The van der Waals surface area contributed by atoms with Gasteiger partial charge in [-0.25, -0.2) is 4.98 Å². The van der Waals surface area contributed by atoms with Crippen molar-refractivity contribution in [2.75, 3.05) is 45.7 Å². The summed E-state index contributed by atoms with van der Waals surface area (Å²) in [7, 11) is 3.44. The normalized spacial score (nSPS) is 15.7. The largest absolute Gasteiger partial charge is 0.493 e. The summed E-state index contributed by atoms with van der Waals surface area (Å²) in [5.74, 6) is 2.87. The maximum atomic E-state index is 5.67. The number of methoxy groups -OCH3 is 1. The third kappa shape index (κ3) is 6.83. The molecule has 0 bridgehead atoms. The first-order valence-electron chi connectivity index (χ1n) is 11.1. The van der Waals surface area contributed by atoms with Gasteiger partial charge >= 0.3 is 0 Å². The molecule has 170 valence electrons. The highest BCUT2D eigenvalue weighted by Crippen LogP contribution is 2.30. The van der Waals surface area contributed by atoms with Crippen LogP contribution in [0.25, 0.3) is 0 Å². The fourth-order valence-corrected chi connectivity index (χ4v) is 4.48. The van der Waals surface area contributed by atoms with Gasteiger partial charge in [0.1, 0.15) is 0 Å². The van der Waals surface area contributed by atoms with Crippen molar-refractivity contribution in [1.29, 1.82) is 0 Å². The number of piperidine rings is 1. The molecule has 1 aliphatic rings. The number of aromatic nitrogens is 1. The summed E-state index contributed by atoms with van der Waals surface area (Å²) in [5.41, 5.74) is 2.14. The quantitative estimate of drug-likeness (QED) is 0.449. The van der Waals surface area contributed by atoms with E-state index in [2.05, 4.69) is 32.8 Å². The molecule has 0 radical (unpaired) electrons. The van der Waals surface area contributed by atoms with E-state index < -0.39 is 0 Å². The topological polar surface area (TPSA) is 71.0 Å². The van der Waals surface area contributed by atoms with Crippen LogP contribution in [-0.2, 0) is 13.0 Å². The Labute approximate surface area is 189 Å². The third-order valence-corrected chi connectivity index (χ3v) is 6.54. The number of aryl methyl sites for hydroxylation is 1. The number of hydrogen-bond acceptors (Lipinski definition) is 6. The Bertz CT molecular complexity index is 846. The molecule has 3 rings (SSSR count). The lowest BCUT2D eigenvalue weighted by molar-refractivity contribution is 0.176. The van der Waals surface area contributed by atoms with E-state index in [1.54, 1.807) is 25.5 Å². The molecule has 0 atom stereocenters. The van der Waals surface area contributed by atoms with Crippen molar-refractivity contribution < 1.29 is 9.47 Å². The van der Waals surface area contributed by atoms with E-state index in [1.165, 1.54) is 23.5 Å². The molecular formula is C23H35N5O2S. The van der Waals surface area contributed by atoms with E-state index in [1.807, 2.05) is 25.1 Å². The zero-order valence-corrected chi connectivity index (χ0v) is 19.9. The van der Waals surface area contributed by atoms with Gasteiger partial charge in [0.25, 0.3) is 0 Å². The Balaban J connectivity index is 1.44. The summed E-state index contributed by atoms with van der Waals surface area (Å²) in [4.78, 5) is 11.6. The molecule has 7 nitrogen and oxygen atoms in total. The smallest absolute Gasteiger partial charge is 0.195 e. The van der Waals surface area contributed by atoms with E-state index in [-0.39, 0.29) is 0 Å². The van der Waals surface area contributed by atoms with Crippen LogP contribution in [0.1, 0.15) is 37.4 Å². The number of ether oxygens (including phenoxy) is 2. The van der Waals surface area contributed by atoms with Crippen molar-refractivity contribution in [2.45, 2.75) is 39.7 Å². The van der Waals surface area contributed by atoms with Gasteiger partial charge < -0.3 is 20.1 Å². The van der Waals surface area contributed by atoms with Gasteiger partial charge in [0, 0.05) is 37.3 Å². The first-order valence-corrected chi connectivity index (χ1v) is 12.0. The minimum atomic E-state index is 0.591. The number of guanidine groups is 1. The van der Waals surface area contributed by atoms with Crippen molar-refractivity contribution in [2.24, 2.45) is 10.9 Å². The molecule has 0 saturated carbocycles. The van der Waals surface area contributed by atoms with Crippen LogP contribution in [0.5, 0.6) is 11.5 Å². The van der Waals surface area contributed by atoms with Crippen molar-refractivity contribution >= 4 is 23.0 Å². The van der Waals surface area contributed by atoms with Crippen LogP contribution in [0, 0.1) is 5.92 Å². The number of anilines is 1. The molecule has 31 heavy (non-hydrogen) atoms. The summed E-state index contributed by atoms with van der Waals surface area (Å²) in [6.07, 6.45) is 3.40. The van der Waals surface area contributed by atoms with Crippen molar-refractivity contribution in [3.05, 3.63) is 34.3 Å². The monoisotopic (exact) mass is 445 g/mol. The molecule has 0 aliphatic carbocycles. The predicted molar refractivity (Wildman–Crippen MR) is 129 cm³/mol. The van der Waals surface area contributed by atoms with Crippen LogP contribution >= 0.6 is 11.3 Å². The average Bonchev–Trinajstić information content (AvgIpc) is 3.25. The van der Waals surface area contributed by atoms with Crippen LogP contribution in [0.4, 0.5) is 5.69 Å². The standard InChI is InChI=1S/C23H35N5O2S/c1-5-22-26-19(16-31-22)15-28-11-9-17(10-12-28)14-25-23(24-3)27-18-7-8-20(29-4)21(13-18)30-6-2/h7-8,13,16-17H,5-6,9-12,14-15H2,1-4H3,(H2,24,25,27). The lowest BCUT2D eigenvalue weighted by atomic mass is 9.97. The summed E-state index contributed by atoms with van der Waals surface area (Å²) in [5, 5.41) is 10.3. The van der Waals surface area contributed by atoms with Crippen LogP contribution in [-0.4, -0.2) is 56.2 Å². The summed E-state index contributed by atoms with van der Waals surface area (Å²) in [6, 6.07) is 5.81. The Kier molecular flexibility index (Phi) is 8.97. The van der Waals surface area contributed by atoms with Crippen LogP contribution in [0.15, 0.2) is 28.6 Å². The first kappa shape index (κ1) is 23.3. The third-order valence-electron chi connectivity index (χ3n) is 5.50. The molecule has 2 N–H and O–H groups in total. The Morgan fingerprint density at radius 1 is 1.26 bits per heavy atom. The van der Waals surface area contributed by atoms with Gasteiger partial charge in [0.2, 0.25) is 0 Å². The SMILES string of the molecule is CCOc1cc(NC(=NC)NCC2CCN(Cc3csc(CC)n3)CC2)ccc1OC. The Hall–Kier alpha value is -2.32. The highest BCUT2D eigenvalue weighted by molar-refractivity contribution is 7.09. The molecule has 8 heteroatoms. The van der Waals surface area contributed by atoms with E-state index in [4.69, 9.17) is 14.5 Å². The molecule has 0 amide bonds. The van der Waals surface area contributed by atoms with Crippen molar-refractivity contribution in [3.63, 3.8) is 0 Å². The molecule has 2 heterocycles. The van der Waals surface area contributed by atoms with E-state index in [0.29, 0.717) is 12.5 Å². The highest BCUT2D eigenvalue weighted by atomic mass is 32.1. The van der Waals surface area contributed by atoms with Crippen LogP contribution in [0.3, 0.4) is 0 Å². The van der Waals surface area contributed by atoms with Gasteiger partial charge in [0.15, 0.2) is 17.5 Å². The van der Waals surface area contributed by atoms with Crippen molar-refractivity contribution in [3.8, 4) is 11.5 Å². The van der Waals surface area contributed by atoms with Gasteiger partial charge in [-0.05, 0) is 57.3 Å². The van der Waals surface area contributed by atoms with Gasteiger partial charge in [-0.15, -0.1) is 11.3 Å². The van der Waals surface area contributed by atoms with Crippen LogP contribution < -0.4 is 20.1 Å².